The summed E-state index contributed by atoms with van der Waals surface area (Å²) in [6.07, 6.45) is 3.32. The maximum atomic E-state index is 12.5. The smallest absolute Gasteiger partial charge is 0.270 e. The Labute approximate surface area is 158 Å². The lowest BCUT2D eigenvalue weighted by molar-refractivity contribution is 0.0249. The Morgan fingerprint density at radius 1 is 1.22 bits per heavy atom. The quantitative estimate of drug-likeness (QED) is 0.747. The van der Waals surface area contributed by atoms with E-state index in [2.05, 4.69) is 10.3 Å². The summed E-state index contributed by atoms with van der Waals surface area (Å²) in [6, 6.07) is 10.5. The monoisotopic (exact) mass is 371 g/mol. The van der Waals surface area contributed by atoms with E-state index in [-0.39, 0.29) is 18.4 Å². The van der Waals surface area contributed by atoms with Gasteiger partial charge in [0.15, 0.2) is 0 Å². The van der Waals surface area contributed by atoms with Gasteiger partial charge < -0.3 is 25.0 Å². The van der Waals surface area contributed by atoms with Crippen LogP contribution in [-0.2, 0) is 0 Å². The number of carbonyl (C=O) groups is 2. The summed E-state index contributed by atoms with van der Waals surface area (Å²) in [5, 5.41) is 13.7. The molecule has 3 rings (SSSR count). The number of nitrogens with one attached hydrogen (secondary N) is 2. The van der Waals surface area contributed by atoms with Gasteiger partial charge in [0.1, 0.15) is 11.4 Å². The Balaban J connectivity index is 1.59. The molecule has 0 unspecified atom stereocenters. The molecule has 1 atom stereocenters. The Morgan fingerprint density at radius 3 is 2.78 bits per heavy atom. The summed E-state index contributed by atoms with van der Waals surface area (Å²) in [6.45, 7) is 1.16. The molecule has 27 heavy (non-hydrogen) atoms. The molecule has 1 aliphatic heterocycles. The van der Waals surface area contributed by atoms with E-state index in [0.29, 0.717) is 49.4 Å². The van der Waals surface area contributed by atoms with E-state index in [9.17, 15) is 14.7 Å². The molecular formula is C20H25N3O4. The van der Waals surface area contributed by atoms with Crippen molar-refractivity contribution in [2.75, 3.05) is 26.7 Å². The minimum atomic E-state index is -1.04. The molecule has 7 heteroatoms. The lowest BCUT2D eigenvalue weighted by Gasteiger charge is -2.27. The zero-order chi connectivity index (χ0) is 19.3. The van der Waals surface area contributed by atoms with Gasteiger partial charge in [0.25, 0.3) is 11.8 Å². The van der Waals surface area contributed by atoms with Gasteiger partial charge in [-0.1, -0.05) is 12.1 Å². The van der Waals surface area contributed by atoms with Crippen molar-refractivity contribution in [2.45, 2.75) is 24.9 Å². The topological polar surface area (TPSA) is 94.7 Å². The van der Waals surface area contributed by atoms with E-state index in [1.807, 2.05) is 0 Å². The first-order valence-corrected chi connectivity index (χ1v) is 9.09. The Hall–Kier alpha value is -2.80. The normalized spacial score (nSPS) is 20.0. The van der Waals surface area contributed by atoms with E-state index >= 15 is 0 Å². The summed E-state index contributed by atoms with van der Waals surface area (Å²) in [5.41, 5.74) is -0.0618. The van der Waals surface area contributed by atoms with Crippen LogP contribution in [0.15, 0.2) is 42.6 Å². The number of ether oxygens (including phenoxy) is 1. The Bertz CT molecular complexity index is 790. The highest BCUT2D eigenvalue weighted by atomic mass is 16.5. The number of hydrogen-bond acceptors (Lipinski definition) is 4. The number of benzene rings is 1. The van der Waals surface area contributed by atoms with Crippen LogP contribution in [0, 0.1) is 0 Å². The van der Waals surface area contributed by atoms with Crippen molar-refractivity contribution < 1.29 is 19.4 Å². The summed E-state index contributed by atoms with van der Waals surface area (Å²) < 4.78 is 5.21. The van der Waals surface area contributed by atoms with Crippen molar-refractivity contribution in [3.8, 4) is 5.75 Å². The number of hydrogen-bond donors (Lipinski definition) is 3. The molecule has 1 fully saturated rings. The van der Waals surface area contributed by atoms with E-state index in [1.165, 1.54) is 7.11 Å². The van der Waals surface area contributed by atoms with Crippen molar-refractivity contribution in [3.05, 3.63) is 53.9 Å². The van der Waals surface area contributed by atoms with Crippen LogP contribution < -0.4 is 10.1 Å². The fourth-order valence-corrected chi connectivity index (χ4v) is 3.36. The van der Waals surface area contributed by atoms with Crippen LogP contribution in [0.5, 0.6) is 5.75 Å². The van der Waals surface area contributed by atoms with Crippen molar-refractivity contribution >= 4 is 11.8 Å². The van der Waals surface area contributed by atoms with E-state index in [1.54, 1.807) is 47.5 Å². The van der Waals surface area contributed by atoms with Crippen molar-refractivity contribution in [2.24, 2.45) is 0 Å². The van der Waals surface area contributed by atoms with Crippen LogP contribution >= 0.6 is 0 Å². The van der Waals surface area contributed by atoms with Crippen LogP contribution in [-0.4, -0.2) is 59.1 Å². The minimum absolute atomic E-state index is 0.0673. The standard InChI is InChI=1S/C20H25N3O4/c1-27-17-8-3-2-6-15(17)18(24)22-14-20(26)9-5-12-23(13-10-20)19(25)16-7-4-11-21-16/h2-4,6-8,11,21,26H,5,9-10,12-14H2,1H3,(H,22,24)/t20-/m0/s1. The summed E-state index contributed by atoms with van der Waals surface area (Å²) >= 11 is 0. The summed E-state index contributed by atoms with van der Waals surface area (Å²) in [7, 11) is 1.51. The zero-order valence-corrected chi connectivity index (χ0v) is 15.4. The van der Waals surface area contributed by atoms with Crippen LogP contribution in [0.1, 0.15) is 40.1 Å². The number of aliphatic hydroxyl groups is 1. The molecular weight excluding hydrogens is 346 g/mol. The number of carbonyl (C=O) groups excluding carboxylic acids is 2. The second kappa shape index (κ2) is 8.26. The molecule has 0 saturated carbocycles. The number of methoxy groups -OCH3 is 1. The molecule has 2 aromatic rings. The second-order valence-corrected chi connectivity index (χ2v) is 6.84. The first kappa shape index (κ1) is 19.0. The fraction of sp³-hybridized carbons (Fsp3) is 0.400. The molecule has 2 heterocycles. The number of nitrogens with zero attached hydrogens (tertiary/aromatic N) is 1. The number of rotatable bonds is 5. The molecule has 1 aromatic carbocycles. The lowest BCUT2D eigenvalue weighted by Crippen LogP contribution is -2.44. The predicted octanol–water partition coefficient (Wildman–Crippen LogP) is 1.81. The SMILES string of the molecule is COc1ccccc1C(=O)NC[C@]1(O)CCCN(C(=O)c2ccc[nH]2)CC1. The van der Waals surface area contributed by atoms with Crippen molar-refractivity contribution in [1.29, 1.82) is 0 Å². The van der Waals surface area contributed by atoms with E-state index < -0.39 is 5.60 Å². The van der Waals surface area contributed by atoms with Crippen molar-refractivity contribution in [1.82, 2.24) is 15.2 Å². The number of aromatic amines is 1. The molecule has 0 bridgehead atoms. The van der Waals surface area contributed by atoms with Gasteiger partial charge in [-0.25, -0.2) is 0 Å². The van der Waals surface area contributed by atoms with Gasteiger partial charge in [-0.05, 0) is 43.5 Å². The molecule has 0 aliphatic carbocycles. The van der Waals surface area contributed by atoms with Gasteiger partial charge in [-0.2, -0.15) is 0 Å². The fourth-order valence-electron chi connectivity index (χ4n) is 3.36. The first-order valence-electron chi connectivity index (χ1n) is 9.09. The molecule has 0 spiro atoms. The van der Waals surface area contributed by atoms with Gasteiger partial charge >= 0.3 is 0 Å². The highest BCUT2D eigenvalue weighted by Gasteiger charge is 2.32. The Kier molecular flexibility index (Phi) is 5.81. The third-order valence-electron chi connectivity index (χ3n) is 4.96. The van der Waals surface area contributed by atoms with Crippen LogP contribution in [0.25, 0.3) is 0 Å². The third kappa shape index (κ3) is 4.49. The van der Waals surface area contributed by atoms with E-state index in [4.69, 9.17) is 4.74 Å². The van der Waals surface area contributed by atoms with Gasteiger partial charge in [-0.3, -0.25) is 9.59 Å². The van der Waals surface area contributed by atoms with Crippen LogP contribution in [0.2, 0.25) is 0 Å². The molecule has 1 aromatic heterocycles. The minimum Gasteiger partial charge on any atom is -0.496 e. The van der Waals surface area contributed by atoms with Gasteiger partial charge in [-0.15, -0.1) is 0 Å². The molecule has 2 amide bonds. The summed E-state index contributed by atoms with van der Waals surface area (Å²) in [5.74, 6) is 0.136. The maximum absolute atomic E-state index is 12.5. The number of para-hydroxylation sites is 1. The Morgan fingerprint density at radius 2 is 2.04 bits per heavy atom. The average molecular weight is 371 g/mol. The lowest BCUT2D eigenvalue weighted by atomic mass is 9.94. The first-order chi connectivity index (χ1) is 13.0. The maximum Gasteiger partial charge on any atom is 0.270 e. The highest BCUT2D eigenvalue weighted by molar-refractivity contribution is 5.97. The number of amides is 2. The second-order valence-electron chi connectivity index (χ2n) is 6.84. The largest absolute Gasteiger partial charge is 0.496 e. The highest BCUT2D eigenvalue weighted by Crippen LogP contribution is 2.23. The zero-order valence-electron chi connectivity index (χ0n) is 15.4. The molecule has 144 valence electrons. The van der Waals surface area contributed by atoms with E-state index in [0.717, 1.165) is 0 Å². The van der Waals surface area contributed by atoms with Gasteiger partial charge in [0.2, 0.25) is 0 Å². The van der Waals surface area contributed by atoms with Crippen LogP contribution in [0.4, 0.5) is 0 Å². The summed E-state index contributed by atoms with van der Waals surface area (Å²) in [4.78, 5) is 29.6. The third-order valence-corrected chi connectivity index (χ3v) is 4.96. The van der Waals surface area contributed by atoms with Crippen molar-refractivity contribution in [3.63, 3.8) is 0 Å². The van der Waals surface area contributed by atoms with Gasteiger partial charge in [0, 0.05) is 25.8 Å². The number of aromatic nitrogens is 1. The van der Waals surface area contributed by atoms with Crippen LogP contribution in [0.3, 0.4) is 0 Å². The predicted molar refractivity (Wildman–Crippen MR) is 101 cm³/mol. The average Bonchev–Trinajstić information content (AvgIpc) is 3.16. The molecule has 1 aliphatic rings. The molecule has 3 N–H and O–H groups in total. The molecule has 0 radical (unpaired) electrons. The number of H-pyrrole nitrogens is 1. The molecule has 7 nitrogen and oxygen atoms in total. The van der Waals surface area contributed by atoms with Gasteiger partial charge in [0.05, 0.1) is 18.3 Å². The number of likely N-dealkylation sites (tertiary alicyclic amines) is 1. The molecule has 1 saturated heterocycles.